The van der Waals surface area contributed by atoms with Crippen molar-refractivity contribution < 1.29 is 22.7 Å². The van der Waals surface area contributed by atoms with E-state index < -0.39 is 18.5 Å². The molecular weight excluding hydrogens is 297 g/mol. The topological polar surface area (TPSA) is 64.3 Å². The van der Waals surface area contributed by atoms with E-state index in [0.717, 1.165) is 0 Å². The van der Waals surface area contributed by atoms with Gasteiger partial charge >= 0.3 is 6.18 Å². The van der Waals surface area contributed by atoms with Gasteiger partial charge in [-0.05, 0) is 24.6 Å². The molecule has 0 atom stereocenters. The maximum atomic E-state index is 11.9. The number of alkyl halides is 3. The van der Waals surface area contributed by atoms with Gasteiger partial charge in [-0.3, -0.25) is 4.79 Å². The van der Waals surface area contributed by atoms with Crippen LogP contribution in [0.5, 0.6) is 0 Å². The van der Waals surface area contributed by atoms with Crippen molar-refractivity contribution in [2.75, 3.05) is 24.3 Å². The van der Waals surface area contributed by atoms with Crippen molar-refractivity contribution in [2.45, 2.75) is 19.0 Å². The number of hydrogen-bond donors (Lipinski definition) is 2. The first kappa shape index (κ1) is 16.6. The molecule has 4 nitrogen and oxygen atoms in total. The van der Waals surface area contributed by atoms with Crippen LogP contribution in [0.3, 0.4) is 0 Å². The van der Waals surface area contributed by atoms with Crippen LogP contribution in [-0.4, -0.2) is 25.3 Å². The first-order valence-electron chi connectivity index (χ1n) is 5.77. The molecule has 0 aliphatic carbocycles. The van der Waals surface area contributed by atoms with Crippen molar-refractivity contribution in [2.24, 2.45) is 0 Å². The van der Waals surface area contributed by atoms with Crippen LogP contribution in [0.15, 0.2) is 18.2 Å². The van der Waals surface area contributed by atoms with Gasteiger partial charge in [0, 0.05) is 18.1 Å². The summed E-state index contributed by atoms with van der Waals surface area (Å²) in [5.41, 5.74) is 6.29. The zero-order valence-electron chi connectivity index (χ0n) is 10.5. The molecule has 0 radical (unpaired) electrons. The second-order valence-corrected chi connectivity index (χ2v) is 4.49. The summed E-state index contributed by atoms with van der Waals surface area (Å²) in [7, 11) is 0. The highest BCUT2D eigenvalue weighted by molar-refractivity contribution is 6.31. The van der Waals surface area contributed by atoms with Gasteiger partial charge in [0.15, 0.2) is 0 Å². The minimum absolute atomic E-state index is 0.141. The summed E-state index contributed by atoms with van der Waals surface area (Å²) in [5.74, 6) is -0.508. The maximum Gasteiger partial charge on any atom is 0.389 e. The predicted octanol–water partition coefficient (Wildman–Crippen LogP) is 3.22. The molecule has 0 fully saturated rings. The van der Waals surface area contributed by atoms with Gasteiger partial charge in [0.2, 0.25) is 5.91 Å². The summed E-state index contributed by atoms with van der Waals surface area (Å²) >= 11 is 5.74. The fraction of sp³-hybridized carbons (Fsp3) is 0.417. The van der Waals surface area contributed by atoms with Gasteiger partial charge in [-0.25, -0.2) is 0 Å². The van der Waals surface area contributed by atoms with Gasteiger partial charge in [0.1, 0.15) is 6.61 Å². The smallest absolute Gasteiger partial charge is 0.389 e. The van der Waals surface area contributed by atoms with E-state index in [0.29, 0.717) is 16.4 Å². The SMILES string of the molecule is Nc1ccc(Cl)cc1NC(=O)COCCCC(F)(F)F. The fourth-order valence-electron chi connectivity index (χ4n) is 1.36. The average molecular weight is 311 g/mol. The number of nitrogens with one attached hydrogen (secondary N) is 1. The zero-order valence-corrected chi connectivity index (χ0v) is 11.2. The highest BCUT2D eigenvalue weighted by Gasteiger charge is 2.25. The number of halogens is 4. The van der Waals surface area contributed by atoms with Crippen LogP contribution < -0.4 is 11.1 Å². The van der Waals surface area contributed by atoms with E-state index in [2.05, 4.69) is 5.32 Å². The third-order valence-corrected chi connectivity index (χ3v) is 2.51. The number of nitrogens with two attached hydrogens (primary N) is 1. The Bertz CT molecular complexity index is 467. The molecule has 0 heterocycles. The Morgan fingerprint density at radius 1 is 1.40 bits per heavy atom. The first-order chi connectivity index (χ1) is 9.28. The minimum Gasteiger partial charge on any atom is -0.397 e. The van der Waals surface area contributed by atoms with Crippen LogP contribution in [0.2, 0.25) is 5.02 Å². The summed E-state index contributed by atoms with van der Waals surface area (Å²) in [6, 6.07) is 4.57. The Labute approximate surface area is 119 Å². The normalized spacial score (nSPS) is 11.4. The van der Waals surface area contributed by atoms with E-state index in [9.17, 15) is 18.0 Å². The van der Waals surface area contributed by atoms with E-state index in [4.69, 9.17) is 22.1 Å². The molecule has 8 heteroatoms. The van der Waals surface area contributed by atoms with Crippen molar-refractivity contribution in [3.63, 3.8) is 0 Å². The third-order valence-electron chi connectivity index (χ3n) is 2.27. The van der Waals surface area contributed by atoms with E-state index in [1.54, 1.807) is 6.07 Å². The molecule has 0 unspecified atom stereocenters. The van der Waals surface area contributed by atoms with E-state index >= 15 is 0 Å². The molecule has 1 aromatic rings. The molecule has 1 rings (SSSR count). The largest absolute Gasteiger partial charge is 0.397 e. The zero-order chi connectivity index (χ0) is 15.2. The van der Waals surface area contributed by atoms with Crippen LogP contribution in [0.25, 0.3) is 0 Å². The van der Waals surface area contributed by atoms with Crippen molar-refractivity contribution in [3.8, 4) is 0 Å². The van der Waals surface area contributed by atoms with Crippen molar-refractivity contribution in [1.29, 1.82) is 0 Å². The average Bonchev–Trinajstić information content (AvgIpc) is 2.32. The molecule has 0 spiro atoms. The Kier molecular flexibility index (Phi) is 6.09. The molecule has 3 N–H and O–H groups in total. The standard InChI is InChI=1S/C12H14ClF3N2O2/c13-8-2-3-9(17)10(6-8)18-11(19)7-20-5-1-4-12(14,15)16/h2-3,6H,1,4-5,7,17H2,(H,18,19). The lowest BCUT2D eigenvalue weighted by Gasteiger charge is -2.09. The number of nitrogen functional groups attached to an aromatic ring is 1. The molecule has 1 amide bonds. The number of anilines is 2. The molecule has 112 valence electrons. The summed E-state index contributed by atoms with van der Waals surface area (Å²) in [6.07, 6.45) is -5.33. The number of benzene rings is 1. The van der Waals surface area contributed by atoms with Crippen LogP contribution in [0.1, 0.15) is 12.8 Å². The first-order valence-corrected chi connectivity index (χ1v) is 6.15. The second kappa shape index (κ2) is 7.35. The quantitative estimate of drug-likeness (QED) is 0.626. The molecule has 0 bridgehead atoms. The molecule has 0 saturated carbocycles. The molecule has 1 aromatic carbocycles. The number of hydrogen-bond acceptors (Lipinski definition) is 3. The van der Waals surface area contributed by atoms with Crippen molar-refractivity contribution in [3.05, 3.63) is 23.2 Å². The Balaban J connectivity index is 2.29. The molecule has 0 saturated heterocycles. The fourth-order valence-corrected chi connectivity index (χ4v) is 1.53. The lowest BCUT2D eigenvalue weighted by atomic mass is 10.2. The molecule has 0 aromatic heterocycles. The van der Waals surface area contributed by atoms with Gasteiger partial charge in [-0.2, -0.15) is 13.2 Å². The van der Waals surface area contributed by atoms with E-state index in [-0.39, 0.29) is 19.6 Å². The number of carbonyl (C=O) groups excluding carboxylic acids is 1. The summed E-state index contributed by atoms with van der Waals surface area (Å²) in [4.78, 5) is 11.5. The molecular formula is C12H14ClF3N2O2. The Hall–Kier alpha value is -1.47. The lowest BCUT2D eigenvalue weighted by molar-refractivity contribution is -0.138. The van der Waals surface area contributed by atoms with Crippen molar-refractivity contribution in [1.82, 2.24) is 0 Å². The Morgan fingerprint density at radius 2 is 2.10 bits per heavy atom. The Morgan fingerprint density at radius 3 is 2.75 bits per heavy atom. The highest BCUT2D eigenvalue weighted by Crippen LogP contribution is 2.23. The molecule has 20 heavy (non-hydrogen) atoms. The number of rotatable bonds is 6. The highest BCUT2D eigenvalue weighted by atomic mass is 35.5. The second-order valence-electron chi connectivity index (χ2n) is 4.05. The maximum absolute atomic E-state index is 11.9. The van der Waals surface area contributed by atoms with Gasteiger partial charge in [-0.15, -0.1) is 0 Å². The van der Waals surface area contributed by atoms with Crippen LogP contribution in [0.4, 0.5) is 24.5 Å². The third kappa shape index (κ3) is 6.63. The summed E-state index contributed by atoms with van der Waals surface area (Å²) < 4.78 is 40.4. The summed E-state index contributed by atoms with van der Waals surface area (Å²) in [5, 5.41) is 2.87. The van der Waals surface area contributed by atoms with Gasteiger partial charge < -0.3 is 15.8 Å². The lowest BCUT2D eigenvalue weighted by Crippen LogP contribution is -2.20. The van der Waals surface area contributed by atoms with Crippen LogP contribution in [0, 0.1) is 0 Å². The van der Waals surface area contributed by atoms with Gasteiger partial charge in [0.25, 0.3) is 0 Å². The molecule has 0 aliphatic rings. The van der Waals surface area contributed by atoms with Gasteiger partial charge in [-0.1, -0.05) is 11.6 Å². The van der Waals surface area contributed by atoms with E-state index in [1.807, 2.05) is 0 Å². The minimum atomic E-state index is -4.21. The number of amides is 1. The summed E-state index contributed by atoms with van der Waals surface area (Å²) in [6.45, 7) is -0.484. The number of carbonyl (C=O) groups is 1. The molecule has 0 aliphatic heterocycles. The van der Waals surface area contributed by atoms with Crippen LogP contribution in [-0.2, 0) is 9.53 Å². The van der Waals surface area contributed by atoms with Crippen molar-refractivity contribution >= 4 is 28.9 Å². The van der Waals surface area contributed by atoms with Crippen LogP contribution >= 0.6 is 11.6 Å². The van der Waals surface area contributed by atoms with Gasteiger partial charge in [0.05, 0.1) is 11.4 Å². The van der Waals surface area contributed by atoms with E-state index in [1.165, 1.54) is 12.1 Å². The monoisotopic (exact) mass is 310 g/mol. The number of ether oxygens (including phenoxy) is 1. The predicted molar refractivity (Wildman–Crippen MR) is 70.6 cm³/mol.